The van der Waals surface area contributed by atoms with Gasteiger partial charge in [0, 0.05) is 36.8 Å². The van der Waals surface area contributed by atoms with E-state index in [0.717, 1.165) is 5.56 Å². The molecule has 2 aromatic carbocycles. The van der Waals surface area contributed by atoms with Crippen LogP contribution in [0.1, 0.15) is 40.9 Å². The highest BCUT2D eigenvalue weighted by Gasteiger charge is 2.35. The van der Waals surface area contributed by atoms with Gasteiger partial charge in [0.25, 0.3) is 5.91 Å². The van der Waals surface area contributed by atoms with Crippen LogP contribution in [0.15, 0.2) is 65.7 Å². The molecule has 3 aromatic rings. The van der Waals surface area contributed by atoms with E-state index in [2.05, 4.69) is 16.8 Å². The van der Waals surface area contributed by atoms with Crippen molar-refractivity contribution in [3.63, 3.8) is 0 Å². The van der Waals surface area contributed by atoms with Gasteiger partial charge in [0.2, 0.25) is 15.9 Å². The Morgan fingerprint density at radius 3 is 2.45 bits per heavy atom. The van der Waals surface area contributed by atoms with Gasteiger partial charge in [-0.2, -0.15) is 4.31 Å². The Balaban J connectivity index is 1.67. The molecule has 0 aliphatic carbocycles. The number of likely N-dealkylation sites (N-methyl/N-ethyl adjacent to an activating group) is 1. The van der Waals surface area contributed by atoms with Crippen LogP contribution in [-0.2, 0) is 10.0 Å². The number of aromatic nitrogens is 1. The lowest BCUT2D eigenvalue weighted by molar-refractivity contribution is 0.0373. The number of amides is 1. The first-order chi connectivity index (χ1) is 19.0. The van der Waals surface area contributed by atoms with E-state index >= 15 is 0 Å². The number of carbonyl (C=O) groups excluding carboxylic acids is 1. The van der Waals surface area contributed by atoms with Gasteiger partial charge in [0.1, 0.15) is 17.5 Å². The van der Waals surface area contributed by atoms with E-state index in [1.54, 1.807) is 54.3 Å². The predicted molar refractivity (Wildman–Crippen MR) is 149 cm³/mol. The van der Waals surface area contributed by atoms with E-state index in [9.17, 15) is 22.7 Å². The lowest BCUT2D eigenvalue weighted by Gasteiger charge is -2.37. The molecule has 1 aliphatic heterocycles. The van der Waals surface area contributed by atoms with E-state index in [4.69, 9.17) is 4.74 Å². The van der Waals surface area contributed by atoms with Gasteiger partial charge in [-0.05, 0) is 56.3 Å². The second kappa shape index (κ2) is 12.2. The van der Waals surface area contributed by atoms with Gasteiger partial charge in [-0.3, -0.25) is 4.79 Å². The summed E-state index contributed by atoms with van der Waals surface area (Å²) in [7, 11) is -2.30. The highest BCUT2D eigenvalue weighted by molar-refractivity contribution is 7.89. The summed E-state index contributed by atoms with van der Waals surface area (Å²) in [5.41, 5.74) is 2.15. The number of rotatable bonds is 6. The molecule has 1 amide bonds. The lowest BCUT2D eigenvalue weighted by atomic mass is 10.0. The van der Waals surface area contributed by atoms with Crippen LogP contribution in [0.4, 0.5) is 4.39 Å². The maximum Gasteiger partial charge on any atom is 0.259 e. The van der Waals surface area contributed by atoms with Crippen LogP contribution in [0, 0.1) is 30.5 Å². The molecule has 210 valence electrons. The Bertz CT molecular complexity index is 1530. The van der Waals surface area contributed by atoms with Crippen molar-refractivity contribution in [2.45, 2.75) is 37.8 Å². The Morgan fingerprint density at radius 2 is 1.80 bits per heavy atom. The molecular weight excluding hydrogens is 533 g/mol. The molecular formula is C30H32FN3O5S. The molecule has 3 atom stereocenters. The van der Waals surface area contributed by atoms with Crippen LogP contribution in [0.2, 0.25) is 0 Å². The number of hydrogen-bond donors (Lipinski definition) is 1. The van der Waals surface area contributed by atoms with Crippen molar-refractivity contribution in [2.24, 2.45) is 5.92 Å². The number of aryl methyl sites for hydroxylation is 1. The first-order valence-electron chi connectivity index (χ1n) is 12.9. The Kier molecular flexibility index (Phi) is 8.88. The Labute approximate surface area is 234 Å². The molecule has 2 heterocycles. The van der Waals surface area contributed by atoms with Gasteiger partial charge in [-0.25, -0.2) is 17.8 Å². The van der Waals surface area contributed by atoms with E-state index < -0.39 is 22.2 Å². The second-order valence-electron chi connectivity index (χ2n) is 10.1. The fourth-order valence-electron chi connectivity index (χ4n) is 4.31. The van der Waals surface area contributed by atoms with Crippen LogP contribution in [-0.4, -0.2) is 72.5 Å². The molecule has 0 saturated carbocycles. The molecule has 8 nitrogen and oxygen atoms in total. The number of halogens is 1. The van der Waals surface area contributed by atoms with E-state index in [-0.39, 0.29) is 53.7 Å². The summed E-state index contributed by atoms with van der Waals surface area (Å²) >= 11 is 0. The lowest BCUT2D eigenvalue weighted by Crippen LogP contribution is -2.50. The van der Waals surface area contributed by atoms with Gasteiger partial charge < -0.3 is 14.7 Å². The molecule has 0 radical (unpaired) electrons. The summed E-state index contributed by atoms with van der Waals surface area (Å²) in [6.07, 6.45) is 0.826. The third-order valence-electron chi connectivity index (χ3n) is 6.88. The molecule has 4 rings (SSSR count). The summed E-state index contributed by atoms with van der Waals surface area (Å²) < 4.78 is 47.2. The molecule has 0 unspecified atom stereocenters. The standard InChI is InChI=1S/C30H32FN3O5S/c1-20-5-13-26(14-6-20)40(37,38)33(4)18-28-21(2)17-34(22(3)19-35)30(36)27-15-24(16-32-29(27)39-28)8-7-23-9-11-25(31)12-10-23/h5-6,9-16,21-22,28,35H,17-19H2,1-4H3/t21-,22+,28-/m0/s1. The predicted octanol–water partition coefficient (Wildman–Crippen LogP) is 3.47. The number of nitrogens with zero attached hydrogens (tertiary/aromatic N) is 3. The topological polar surface area (TPSA) is 100 Å². The van der Waals surface area contributed by atoms with Crippen molar-refractivity contribution >= 4 is 15.9 Å². The van der Waals surface area contributed by atoms with Crippen molar-refractivity contribution in [2.75, 3.05) is 26.7 Å². The van der Waals surface area contributed by atoms with Crippen LogP contribution in [0.3, 0.4) is 0 Å². The third kappa shape index (κ3) is 6.50. The minimum Gasteiger partial charge on any atom is -0.472 e. The summed E-state index contributed by atoms with van der Waals surface area (Å²) in [4.78, 5) is 19.7. The summed E-state index contributed by atoms with van der Waals surface area (Å²) in [5, 5.41) is 9.87. The summed E-state index contributed by atoms with van der Waals surface area (Å²) in [6, 6.07) is 13.4. The molecule has 1 aromatic heterocycles. The molecule has 1 N–H and O–H groups in total. The summed E-state index contributed by atoms with van der Waals surface area (Å²) in [5.74, 6) is 4.90. The Hall–Kier alpha value is -3.78. The van der Waals surface area contributed by atoms with Crippen molar-refractivity contribution in [3.05, 3.63) is 88.9 Å². The van der Waals surface area contributed by atoms with Crippen molar-refractivity contribution in [1.29, 1.82) is 0 Å². The van der Waals surface area contributed by atoms with Gasteiger partial charge in [-0.1, -0.05) is 36.5 Å². The monoisotopic (exact) mass is 565 g/mol. The van der Waals surface area contributed by atoms with Crippen molar-refractivity contribution in [3.8, 4) is 17.7 Å². The number of hydrogen-bond acceptors (Lipinski definition) is 6. The molecule has 0 bridgehead atoms. The third-order valence-corrected chi connectivity index (χ3v) is 8.72. The van der Waals surface area contributed by atoms with Gasteiger partial charge >= 0.3 is 0 Å². The maximum atomic E-state index is 13.6. The number of aliphatic hydroxyl groups is 1. The highest BCUT2D eigenvalue weighted by atomic mass is 32.2. The average molecular weight is 566 g/mol. The van der Waals surface area contributed by atoms with Crippen LogP contribution >= 0.6 is 0 Å². The molecule has 10 heteroatoms. The Morgan fingerprint density at radius 1 is 1.15 bits per heavy atom. The zero-order valence-electron chi connectivity index (χ0n) is 22.8. The van der Waals surface area contributed by atoms with Gasteiger partial charge in [0.15, 0.2) is 0 Å². The van der Waals surface area contributed by atoms with Gasteiger partial charge in [0.05, 0.1) is 24.1 Å². The van der Waals surface area contributed by atoms with E-state index in [1.165, 1.54) is 29.7 Å². The van der Waals surface area contributed by atoms with Crippen LogP contribution in [0.5, 0.6) is 5.88 Å². The quantitative estimate of drug-likeness (QED) is 0.460. The fourth-order valence-corrected chi connectivity index (χ4v) is 5.49. The SMILES string of the molecule is Cc1ccc(S(=O)(=O)N(C)C[C@@H]2Oc3ncc(C#Cc4ccc(F)cc4)cc3C(=O)N([C@H](C)CO)C[C@@H]2C)cc1. The average Bonchev–Trinajstić information content (AvgIpc) is 2.94. The van der Waals surface area contributed by atoms with Crippen molar-refractivity contribution in [1.82, 2.24) is 14.2 Å². The van der Waals surface area contributed by atoms with E-state index in [0.29, 0.717) is 11.1 Å². The zero-order chi connectivity index (χ0) is 29.0. The number of pyridine rings is 1. The molecule has 0 fully saturated rings. The second-order valence-corrected chi connectivity index (χ2v) is 12.1. The minimum absolute atomic E-state index is 0.0140. The number of ether oxygens (including phenoxy) is 1. The first kappa shape index (κ1) is 29.2. The number of aliphatic hydroxyl groups excluding tert-OH is 1. The number of carbonyl (C=O) groups is 1. The smallest absolute Gasteiger partial charge is 0.259 e. The van der Waals surface area contributed by atoms with Crippen molar-refractivity contribution < 1.29 is 27.4 Å². The maximum absolute atomic E-state index is 13.6. The first-order valence-corrected chi connectivity index (χ1v) is 14.3. The molecule has 1 aliphatic rings. The van der Waals surface area contributed by atoms with E-state index in [1.807, 2.05) is 13.8 Å². The van der Waals surface area contributed by atoms with Crippen LogP contribution in [0.25, 0.3) is 0 Å². The highest BCUT2D eigenvalue weighted by Crippen LogP contribution is 2.28. The largest absolute Gasteiger partial charge is 0.472 e. The number of fused-ring (bicyclic) bond motifs is 1. The number of sulfonamides is 1. The van der Waals surface area contributed by atoms with Gasteiger partial charge in [-0.15, -0.1) is 0 Å². The molecule has 40 heavy (non-hydrogen) atoms. The van der Waals surface area contributed by atoms with Crippen LogP contribution < -0.4 is 4.74 Å². The number of benzene rings is 2. The zero-order valence-corrected chi connectivity index (χ0v) is 23.7. The fraction of sp³-hybridized carbons (Fsp3) is 0.333. The minimum atomic E-state index is -3.79. The summed E-state index contributed by atoms with van der Waals surface area (Å²) in [6.45, 7) is 5.48. The molecule has 0 saturated heterocycles. The normalized spacial score (nSPS) is 18.2. The molecule has 0 spiro atoms.